The number of hydrogen-bond acceptors (Lipinski definition) is 3. The Hall–Kier alpha value is -8.41. The van der Waals surface area contributed by atoms with Gasteiger partial charge in [-0.3, -0.25) is 4.98 Å². The highest BCUT2D eigenvalue weighted by Crippen LogP contribution is 2.39. The van der Waals surface area contributed by atoms with E-state index in [1.165, 1.54) is 49.2 Å². The van der Waals surface area contributed by atoms with Crippen molar-refractivity contribution in [3.63, 3.8) is 0 Å². The van der Waals surface area contributed by atoms with Crippen LogP contribution in [0, 0.1) is 0 Å². The summed E-state index contributed by atoms with van der Waals surface area (Å²) < 4.78 is 4.74. The molecule has 0 amide bonds. The van der Waals surface area contributed by atoms with E-state index in [9.17, 15) is 0 Å². The molecule has 290 valence electrons. The lowest BCUT2D eigenvalue weighted by Crippen LogP contribution is -1.97. The van der Waals surface area contributed by atoms with Gasteiger partial charge < -0.3 is 9.13 Å². The average Bonchev–Trinajstić information content (AvgIpc) is 3.87. The van der Waals surface area contributed by atoms with Crippen molar-refractivity contribution in [3.8, 4) is 67.5 Å². The van der Waals surface area contributed by atoms with Gasteiger partial charge in [0.05, 0.1) is 33.5 Å². The molecule has 0 bridgehead atoms. The summed E-state index contributed by atoms with van der Waals surface area (Å²) >= 11 is 0. The first-order valence-corrected chi connectivity index (χ1v) is 20.9. The molecule has 12 rings (SSSR count). The Morgan fingerprint density at radius 3 is 1.26 bits per heavy atom. The maximum absolute atomic E-state index is 5.12. The molecule has 0 aliphatic heterocycles. The van der Waals surface area contributed by atoms with Gasteiger partial charge >= 0.3 is 0 Å². The molecule has 0 radical (unpaired) electrons. The zero-order chi connectivity index (χ0) is 41.0. The lowest BCUT2D eigenvalue weighted by atomic mass is 10.0. The first-order chi connectivity index (χ1) is 30.7. The monoisotopic (exact) mass is 791 g/mol. The summed E-state index contributed by atoms with van der Waals surface area (Å²) in [4.78, 5) is 14.4. The maximum Gasteiger partial charge on any atom is 0.160 e. The highest BCUT2D eigenvalue weighted by atomic mass is 15.0. The van der Waals surface area contributed by atoms with Crippen LogP contribution >= 0.6 is 0 Å². The molecule has 5 nitrogen and oxygen atoms in total. The Bertz CT molecular complexity index is 3590. The van der Waals surface area contributed by atoms with Crippen molar-refractivity contribution in [1.29, 1.82) is 0 Å². The first kappa shape index (κ1) is 35.5. The number of para-hydroxylation sites is 3. The highest BCUT2D eigenvalue weighted by Gasteiger charge is 2.17. The van der Waals surface area contributed by atoms with Crippen molar-refractivity contribution < 1.29 is 0 Å². The summed E-state index contributed by atoms with van der Waals surface area (Å²) in [5.41, 5.74) is 16.4. The van der Waals surface area contributed by atoms with Crippen LogP contribution in [0.25, 0.3) is 111 Å². The second kappa shape index (κ2) is 14.7. The average molecular weight is 792 g/mol. The molecule has 0 atom stereocenters. The Balaban J connectivity index is 0.930. The van der Waals surface area contributed by atoms with Crippen LogP contribution in [-0.4, -0.2) is 24.1 Å². The molecule has 12 aromatic rings. The van der Waals surface area contributed by atoms with Crippen LogP contribution in [0.5, 0.6) is 0 Å². The zero-order valence-electron chi connectivity index (χ0n) is 33.6. The second-order valence-corrected chi connectivity index (χ2v) is 15.7. The van der Waals surface area contributed by atoms with E-state index >= 15 is 0 Å². The van der Waals surface area contributed by atoms with Crippen LogP contribution in [0.1, 0.15) is 0 Å². The summed E-state index contributed by atoms with van der Waals surface area (Å²) in [5.74, 6) is 0.694. The van der Waals surface area contributed by atoms with Crippen molar-refractivity contribution in [1.82, 2.24) is 24.1 Å². The van der Waals surface area contributed by atoms with Crippen LogP contribution in [0.4, 0.5) is 0 Å². The van der Waals surface area contributed by atoms with Crippen molar-refractivity contribution in [2.75, 3.05) is 0 Å². The summed E-state index contributed by atoms with van der Waals surface area (Å²) in [7, 11) is 0. The van der Waals surface area contributed by atoms with Crippen LogP contribution in [0.15, 0.2) is 225 Å². The molecule has 0 saturated heterocycles. The van der Waals surface area contributed by atoms with Crippen LogP contribution in [0.3, 0.4) is 0 Å². The van der Waals surface area contributed by atoms with Crippen molar-refractivity contribution in [2.45, 2.75) is 0 Å². The maximum atomic E-state index is 5.12. The summed E-state index contributed by atoms with van der Waals surface area (Å²) in [6.45, 7) is 0. The van der Waals surface area contributed by atoms with E-state index in [0.717, 1.165) is 56.1 Å². The number of hydrogen-bond donors (Lipinski definition) is 0. The highest BCUT2D eigenvalue weighted by molar-refractivity contribution is 6.12. The molecule has 0 unspecified atom stereocenters. The topological polar surface area (TPSA) is 48.5 Å². The van der Waals surface area contributed by atoms with E-state index in [2.05, 4.69) is 196 Å². The van der Waals surface area contributed by atoms with Crippen molar-refractivity contribution in [3.05, 3.63) is 225 Å². The third-order valence-electron chi connectivity index (χ3n) is 12.1. The normalized spacial score (nSPS) is 11.5. The fourth-order valence-electron chi connectivity index (χ4n) is 9.06. The van der Waals surface area contributed by atoms with E-state index in [0.29, 0.717) is 5.82 Å². The molecule has 0 saturated carbocycles. The fraction of sp³-hybridized carbons (Fsp3) is 0. The number of pyridine rings is 1. The number of fused-ring (bicyclic) bond motifs is 6. The molecule has 0 N–H and O–H groups in total. The zero-order valence-corrected chi connectivity index (χ0v) is 33.6. The Kier molecular flexibility index (Phi) is 8.42. The Morgan fingerprint density at radius 2 is 0.694 bits per heavy atom. The van der Waals surface area contributed by atoms with Gasteiger partial charge in [0, 0.05) is 62.0 Å². The van der Waals surface area contributed by atoms with Gasteiger partial charge in [0.1, 0.15) is 0 Å². The van der Waals surface area contributed by atoms with E-state index in [4.69, 9.17) is 9.97 Å². The van der Waals surface area contributed by atoms with Crippen LogP contribution in [-0.2, 0) is 0 Å². The third kappa shape index (κ3) is 6.06. The van der Waals surface area contributed by atoms with Crippen molar-refractivity contribution >= 4 is 43.6 Å². The van der Waals surface area contributed by atoms with E-state index < -0.39 is 0 Å². The first-order valence-electron chi connectivity index (χ1n) is 20.9. The van der Waals surface area contributed by atoms with Crippen molar-refractivity contribution in [2.24, 2.45) is 0 Å². The predicted octanol–water partition coefficient (Wildman–Crippen LogP) is 14.4. The molecule has 4 aromatic heterocycles. The quantitative estimate of drug-likeness (QED) is 0.162. The molecule has 0 fully saturated rings. The Morgan fingerprint density at radius 1 is 0.274 bits per heavy atom. The van der Waals surface area contributed by atoms with E-state index in [1.807, 2.05) is 42.7 Å². The smallest absolute Gasteiger partial charge is 0.160 e. The lowest BCUT2D eigenvalue weighted by Gasteiger charge is -2.12. The van der Waals surface area contributed by atoms with Gasteiger partial charge in [0.15, 0.2) is 5.82 Å². The van der Waals surface area contributed by atoms with E-state index in [-0.39, 0.29) is 0 Å². The minimum absolute atomic E-state index is 0.694. The molecular weight excluding hydrogens is 755 g/mol. The number of rotatable bonds is 7. The predicted molar refractivity (Wildman–Crippen MR) is 256 cm³/mol. The van der Waals surface area contributed by atoms with Gasteiger partial charge in [-0.05, 0) is 101 Å². The summed E-state index contributed by atoms with van der Waals surface area (Å²) in [6.07, 6.45) is 3.65. The second-order valence-electron chi connectivity index (χ2n) is 15.7. The standard InChI is InChI=1S/C57H37N5/c1-3-11-42(12-4-1)57-59-51(40-21-19-38(20-22-40)39-31-33-58-34-32-39)37-52(60-57)41-23-27-46(28-24-41)62-54-18-10-8-16-48(54)50-36-44(26-30-56(50)62)43-25-29-55-49(35-43)47-15-7-9-17-53(47)61(55)45-13-5-2-6-14-45/h1-37H. The van der Waals surface area contributed by atoms with Gasteiger partial charge in [-0.1, -0.05) is 133 Å². The molecule has 62 heavy (non-hydrogen) atoms. The molecule has 0 aliphatic carbocycles. The van der Waals surface area contributed by atoms with Gasteiger partial charge in [-0.25, -0.2) is 9.97 Å². The summed E-state index contributed by atoms with van der Waals surface area (Å²) in [5, 5.41) is 4.93. The largest absolute Gasteiger partial charge is 0.309 e. The number of aromatic nitrogens is 5. The third-order valence-corrected chi connectivity index (χ3v) is 12.1. The van der Waals surface area contributed by atoms with Gasteiger partial charge in [-0.2, -0.15) is 0 Å². The summed E-state index contributed by atoms with van der Waals surface area (Å²) in [6, 6.07) is 75.5. The number of benzene rings is 8. The van der Waals surface area contributed by atoms with Crippen LogP contribution in [0.2, 0.25) is 0 Å². The van der Waals surface area contributed by atoms with Gasteiger partial charge in [-0.15, -0.1) is 0 Å². The van der Waals surface area contributed by atoms with E-state index in [1.54, 1.807) is 0 Å². The van der Waals surface area contributed by atoms with Gasteiger partial charge in [0.2, 0.25) is 0 Å². The van der Waals surface area contributed by atoms with Crippen LogP contribution < -0.4 is 0 Å². The van der Waals surface area contributed by atoms with Gasteiger partial charge in [0.25, 0.3) is 0 Å². The molecule has 0 aliphatic rings. The molecule has 8 aromatic carbocycles. The molecule has 4 heterocycles. The molecular formula is C57H37N5. The minimum Gasteiger partial charge on any atom is -0.309 e. The lowest BCUT2D eigenvalue weighted by molar-refractivity contribution is 1.17. The fourth-order valence-corrected chi connectivity index (χ4v) is 9.06. The SMILES string of the molecule is c1ccc(-c2nc(-c3ccc(-c4ccncc4)cc3)cc(-c3ccc(-n4c5ccccc5c5cc(-c6ccc7c(c6)c6ccccc6n7-c6ccccc6)ccc54)cc3)n2)cc1. The molecule has 5 heteroatoms. The minimum atomic E-state index is 0.694. The number of nitrogens with zero attached hydrogens (tertiary/aromatic N) is 5. The molecule has 0 spiro atoms. The Labute approximate surface area is 358 Å².